The van der Waals surface area contributed by atoms with Crippen LogP contribution in [0.4, 0.5) is 0 Å². The highest BCUT2D eigenvalue weighted by Gasteiger charge is 2.42. The van der Waals surface area contributed by atoms with Gasteiger partial charge in [0.05, 0.1) is 56.5 Å². The number of allylic oxidation sites excluding steroid dienone is 1. The van der Waals surface area contributed by atoms with E-state index in [9.17, 15) is 18.0 Å². The zero-order chi connectivity index (χ0) is 32.5. The molecule has 0 bridgehead atoms. The van der Waals surface area contributed by atoms with Gasteiger partial charge in [0.15, 0.2) is 23.0 Å². The summed E-state index contributed by atoms with van der Waals surface area (Å²) in [4.78, 5) is 27.2. The first-order valence-electron chi connectivity index (χ1n) is 13.4. The fourth-order valence-corrected chi connectivity index (χ4v) is 8.04. The van der Waals surface area contributed by atoms with Gasteiger partial charge in [-0.05, 0) is 53.6 Å². The number of ether oxygens (including phenoxy) is 5. The van der Waals surface area contributed by atoms with Gasteiger partial charge in [-0.1, -0.05) is 30.3 Å². The van der Waals surface area contributed by atoms with Crippen molar-refractivity contribution in [3.63, 3.8) is 0 Å². The lowest BCUT2D eigenvalue weighted by Gasteiger charge is -2.28. The quantitative estimate of drug-likeness (QED) is 0.268. The Morgan fingerprint density at radius 3 is 2.04 bits per heavy atom. The zero-order valence-electron chi connectivity index (χ0n) is 25.0. The van der Waals surface area contributed by atoms with Crippen LogP contribution in [0.25, 0.3) is 17.5 Å². The summed E-state index contributed by atoms with van der Waals surface area (Å²) >= 11 is 0.980. The van der Waals surface area contributed by atoms with Crippen LogP contribution in [0.1, 0.15) is 17.0 Å². The van der Waals surface area contributed by atoms with Crippen LogP contribution in [0.2, 0.25) is 0 Å². The van der Waals surface area contributed by atoms with E-state index in [0.717, 1.165) is 15.9 Å². The van der Waals surface area contributed by atoms with Gasteiger partial charge in [0.1, 0.15) is 15.4 Å². The number of fused-ring (bicyclic) bond motifs is 1. The molecule has 0 saturated heterocycles. The normalized spacial score (nSPS) is 15.0. The minimum Gasteiger partial charge on any atom is -0.493 e. The third-order valence-corrected chi connectivity index (χ3v) is 10.3. The molecule has 0 aliphatic carbocycles. The van der Waals surface area contributed by atoms with Gasteiger partial charge in [-0.25, -0.2) is 13.2 Å². The molecule has 0 saturated carbocycles. The number of aromatic nitrogens is 1. The van der Waals surface area contributed by atoms with Crippen molar-refractivity contribution in [3.8, 4) is 23.0 Å². The van der Waals surface area contributed by atoms with E-state index >= 15 is 0 Å². The van der Waals surface area contributed by atoms with Crippen molar-refractivity contribution in [1.82, 2.24) is 4.57 Å². The van der Waals surface area contributed by atoms with Crippen molar-refractivity contribution in [1.29, 1.82) is 0 Å². The lowest BCUT2D eigenvalue weighted by Crippen LogP contribution is -2.41. The van der Waals surface area contributed by atoms with E-state index in [1.165, 1.54) is 47.7 Å². The molecule has 13 heteroatoms. The summed E-state index contributed by atoms with van der Waals surface area (Å²) in [5.74, 6) is -0.816. The van der Waals surface area contributed by atoms with Crippen molar-refractivity contribution in [2.24, 2.45) is 5.73 Å². The summed E-state index contributed by atoms with van der Waals surface area (Å²) in [5.41, 5.74) is 6.91. The van der Waals surface area contributed by atoms with E-state index in [1.54, 1.807) is 60.7 Å². The zero-order valence-corrected chi connectivity index (χ0v) is 26.7. The molecule has 0 fully saturated rings. The lowest BCUT2D eigenvalue weighted by atomic mass is 9.89. The number of hydrogen-bond donors (Lipinski definition) is 1. The minimum absolute atomic E-state index is 0.0681. The predicted molar refractivity (Wildman–Crippen MR) is 170 cm³/mol. The SMILES string of the molecule is COC(=O)C1=c2s/c(=C/c3ccc(OC)c(OC)c3)c(=O)n2C(N)=C(S(=O)(=O)c2ccccc2)[C@@H]1c1ccc(OC)c(OC)c1. The first kappa shape index (κ1) is 31.4. The largest absolute Gasteiger partial charge is 0.493 e. The molecule has 0 unspecified atom stereocenters. The smallest absolute Gasteiger partial charge is 0.337 e. The Morgan fingerprint density at radius 1 is 0.844 bits per heavy atom. The number of carbonyl (C=O) groups is 1. The number of esters is 1. The highest BCUT2D eigenvalue weighted by Crippen LogP contribution is 2.44. The molecule has 1 aliphatic heterocycles. The highest BCUT2D eigenvalue weighted by molar-refractivity contribution is 7.95. The van der Waals surface area contributed by atoms with Crippen molar-refractivity contribution in [2.75, 3.05) is 35.5 Å². The molecule has 1 aliphatic rings. The number of methoxy groups -OCH3 is 5. The molecule has 5 rings (SSSR count). The number of carbonyl (C=O) groups excluding carboxylic acids is 1. The summed E-state index contributed by atoms with van der Waals surface area (Å²) < 4.78 is 56.8. The van der Waals surface area contributed by atoms with Crippen molar-refractivity contribution in [3.05, 3.63) is 102 Å². The Morgan fingerprint density at radius 2 is 1.44 bits per heavy atom. The molecule has 3 aromatic carbocycles. The van der Waals surface area contributed by atoms with Crippen LogP contribution < -0.4 is 39.4 Å². The van der Waals surface area contributed by atoms with Crippen LogP contribution in [0.15, 0.2) is 81.3 Å². The topological polar surface area (TPSA) is 145 Å². The molecular formula is C32H30N2O9S2. The summed E-state index contributed by atoms with van der Waals surface area (Å²) in [5, 5.41) is 0. The maximum atomic E-state index is 14.4. The average Bonchev–Trinajstić information content (AvgIpc) is 3.39. The Balaban J connectivity index is 1.91. The van der Waals surface area contributed by atoms with Crippen molar-refractivity contribution in [2.45, 2.75) is 10.8 Å². The average molecular weight is 651 g/mol. The van der Waals surface area contributed by atoms with Gasteiger partial charge in [-0.3, -0.25) is 9.36 Å². The summed E-state index contributed by atoms with van der Waals surface area (Å²) in [6.45, 7) is 0. The van der Waals surface area contributed by atoms with Gasteiger partial charge in [0.25, 0.3) is 5.56 Å². The van der Waals surface area contributed by atoms with Gasteiger partial charge >= 0.3 is 5.97 Å². The van der Waals surface area contributed by atoms with E-state index < -0.39 is 27.3 Å². The summed E-state index contributed by atoms with van der Waals surface area (Å²) in [7, 11) is 2.70. The molecule has 1 atom stereocenters. The second kappa shape index (κ2) is 12.5. The number of benzene rings is 3. The number of hydrogen-bond acceptors (Lipinski definition) is 11. The molecule has 2 heterocycles. The molecule has 234 valence electrons. The predicted octanol–water partition coefficient (Wildman–Crippen LogP) is 2.45. The minimum atomic E-state index is -4.39. The first-order chi connectivity index (χ1) is 21.6. The van der Waals surface area contributed by atoms with E-state index in [4.69, 9.17) is 29.4 Å². The fraction of sp³-hybridized carbons (Fsp3) is 0.188. The Labute approximate surface area is 262 Å². The highest BCUT2D eigenvalue weighted by atomic mass is 32.2. The standard InChI is InChI=1S/C32H30N2O9S2/c1-39-21-13-11-18(15-23(21)41-3)16-25-30(35)34-29(33)28(45(37,38)20-9-7-6-8-10-20)26(27(31(34)44-25)32(36)43-5)19-12-14-22(40-2)24(17-19)42-4/h6-17,26H,33H2,1-5H3/b25-16+/t26-/m1/s1. The number of thiazole rings is 1. The molecule has 0 radical (unpaired) electrons. The van der Waals surface area contributed by atoms with Gasteiger partial charge in [-0.2, -0.15) is 0 Å². The van der Waals surface area contributed by atoms with Crippen LogP contribution in [0.3, 0.4) is 0 Å². The van der Waals surface area contributed by atoms with Gasteiger partial charge < -0.3 is 29.4 Å². The number of rotatable bonds is 9. The van der Waals surface area contributed by atoms with Crippen LogP contribution >= 0.6 is 11.3 Å². The Bertz CT molecular complexity index is 2120. The molecule has 4 aromatic rings. The number of sulfone groups is 1. The molecule has 0 amide bonds. The van der Waals surface area contributed by atoms with Crippen molar-refractivity contribution < 1.29 is 36.9 Å². The number of nitrogens with two attached hydrogens (primary N) is 1. The van der Waals surface area contributed by atoms with Gasteiger partial charge in [0.2, 0.25) is 9.84 Å². The van der Waals surface area contributed by atoms with Crippen molar-refractivity contribution >= 4 is 44.6 Å². The summed E-state index contributed by atoms with van der Waals surface area (Å²) in [6, 6.07) is 17.5. The molecule has 45 heavy (non-hydrogen) atoms. The van der Waals surface area contributed by atoms with Crippen LogP contribution in [0.5, 0.6) is 23.0 Å². The fourth-order valence-electron chi connectivity index (χ4n) is 5.17. The third-order valence-electron chi connectivity index (χ3n) is 7.29. The van der Waals surface area contributed by atoms with E-state index in [2.05, 4.69) is 0 Å². The molecule has 1 aromatic heterocycles. The molecule has 11 nitrogen and oxygen atoms in total. The molecular weight excluding hydrogens is 620 g/mol. The molecule has 0 spiro atoms. The van der Waals surface area contributed by atoms with Crippen LogP contribution in [-0.4, -0.2) is 54.5 Å². The maximum Gasteiger partial charge on any atom is 0.337 e. The number of nitrogens with zero attached hydrogens (tertiary/aromatic N) is 1. The van der Waals surface area contributed by atoms with E-state index in [-0.39, 0.29) is 30.4 Å². The van der Waals surface area contributed by atoms with Crippen LogP contribution in [-0.2, 0) is 19.4 Å². The monoisotopic (exact) mass is 650 g/mol. The lowest BCUT2D eigenvalue weighted by molar-refractivity contribution is -0.134. The summed E-state index contributed by atoms with van der Waals surface area (Å²) in [6.07, 6.45) is 1.60. The van der Waals surface area contributed by atoms with Crippen LogP contribution in [0, 0.1) is 0 Å². The van der Waals surface area contributed by atoms with E-state index in [0.29, 0.717) is 34.1 Å². The third kappa shape index (κ3) is 5.44. The van der Waals surface area contributed by atoms with E-state index in [1.807, 2.05) is 0 Å². The second-order valence-electron chi connectivity index (χ2n) is 9.69. The van der Waals surface area contributed by atoms with Gasteiger partial charge in [0, 0.05) is 0 Å². The first-order valence-corrected chi connectivity index (χ1v) is 15.7. The molecule has 2 N–H and O–H groups in total. The van der Waals surface area contributed by atoms with Gasteiger partial charge in [-0.15, -0.1) is 11.3 Å². The second-order valence-corrected chi connectivity index (χ2v) is 12.6. The Hall–Kier alpha value is -5.01. The maximum absolute atomic E-state index is 14.4. The Kier molecular flexibility index (Phi) is 8.75.